The molecule has 8 nitrogen and oxygen atoms in total. The van der Waals surface area contributed by atoms with Crippen molar-refractivity contribution in [2.24, 2.45) is 0 Å². The predicted octanol–water partition coefficient (Wildman–Crippen LogP) is 2.49. The summed E-state index contributed by atoms with van der Waals surface area (Å²) in [7, 11) is -2.16. The zero-order valence-corrected chi connectivity index (χ0v) is 19.6. The van der Waals surface area contributed by atoms with Crippen LogP contribution in [0.15, 0.2) is 71.6 Å². The van der Waals surface area contributed by atoms with Crippen LogP contribution < -0.4 is 9.64 Å². The molecule has 2 aliphatic heterocycles. The third-order valence-electron chi connectivity index (χ3n) is 6.52. The second kappa shape index (κ2) is 8.83. The van der Waals surface area contributed by atoms with Gasteiger partial charge in [-0.3, -0.25) is 14.5 Å². The van der Waals surface area contributed by atoms with Gasteiger partial charge in [0, 0.05) is 26.2 Å². The van der Waals surface area contributed by atoms with Crippen LogP contribution in [0.25, 0.3) is 10.8 Å². The lowest BCUT2D eigenvalue weighted by atomic mass is 10.1. The van der Waals surface area contributed by atoms with Gasteiger partial charge in [0.05, 0.1) is 30.2 Å². The van der Waals surface area contributed by atoms with Crippen molar-refractivity contribution >= 4 is 38.3 Å². The first-order valence-corrected chi connectivity index (χ1v) is 12.6. The normalized spacial score (nSPS) is 20.3. The molecule has 2 heterocycles. The van der Waals surface area contributed by atoms with E-state index >= 15 is 0 Å². The average Bonchev–Trinajstić information content (AvgIpc) is 3.17. The number of fused-ring (bicyclic) bond motifs is 1. The topological polar surface area (TPSA) is 87.2 Å². The number of piperazine rings is 1. The molecule has 0 aromatic heterocycles. The Bertz CT molecular complexity index is 1370. The first-order chi connectivity index (χ1) is 16.4. The number of carbonyl (C=O) groups is 2. The molecular weight excluding hydrogens is 454 g/mol. The fourth-order valence-corrected chi connectivity index (χ4v) is 6.16. The molecule has 3 aromatic rings. The first kappa shape index (κ1) is 22.5. The molecule has 0 saturated carbocycles. The smallest absolute Gasteiger partial charge is 0.251 e. The van der Waals surface area contributed by atoms with Crippen molar-refractivity contribution in [2.75, 3.05) is 38.2 Å². The summed E-state index contributed by atoms with van der Waals surface area (Å²) in [6.07, 6.45) is 0.0638. The van der Waals surface area contributed by atoms with Crippen molar-refractivity contribution in [2.45, 2.75) is 17.4 Å². The number of methoxy groups -OCH3 is 1. The van der Waals surface area contributed by atoms with Crippen LogP contribution in [0.5, 0.6) is 5.75 Å². The molecule has 0 N–H and O–H groups in total. The van der Waals surface area contributed by atoms with Gasteiger partial charge >= 0.3 is 0 Å². The minimum absolute atomic E-state index is 0.0638. The van der Waals surface area contributed by atoms with Gasteiger partial charge in [-0.15, -0.1) is 0 Å². The Kier molecular flexibility index (Phi) is 5.85. The van der Waals surface area contributed by atoms with E-state index in [4.69, 9.17) is 4.74 Å². The van der Waals surface area contributed by atoms with E-state index in [9.17, 15) is 18.0 Å². The van der Waals surface area contributed by atoms with Crippen LogP contribution >= 0.6 is 0 Å². The molecular formula is C25H25N3O5S. The molecule has 9 heteroatoms. The Labute approximate surface area is 198 Å². The SMILES string of the molecule is COc1ccccc1N1C(=O)CC(N2CCN(S(=O)(=O)c3ccc4ccccc4c3)CC2)C1=O. The minimum Gasteiger partial charge on any atom is -0.495 e. The number of sulfonamides is 1. The third-order valence-corrected chi connectivity index (χ3v) is 8.42. The molecule has 1 unspecified atom stereocenters. The Hall–Kier alpha value is -3.27. The zero-order chi connectivity index (χ0) is 23.9. The fourth-order valence-electron chi connectivity index (χ4n) is 4.70. The van der Waals surface area contributed by atoms with Crippen molar-refractivity contribution in [3.8, 4) is 5.75 Å². The number of ether oxygens (including phenoxy) is 1. The second-order valence-corrected chi connectivity index (χ2v) is 10.3. The summed E-state index contributed by atoms with van der Waals surface area (Å²) in [4.78, 5) is 29.3. The van der Waals surface area contributed by atoms with Crippen LogP contribution in [0.3, 0.4) is 0 Å². The first-order valence-electron chi connectivity index (χ1n) is 11.1. The lowest BCUT2D eigenvalue weighted by Crippen LogP contribution is -2.53. The molecule has 1 atom stereocenters. The van der Waals surface area contributed by atoms with E-state index in [0.717, 1.165) is 10.8 Å². The number of nitrogens with zero attached hydrogens (tertiary/aromatic N) is 3. The lowest BCUT2D eigenvalue weighted by molar-refractivity contribution is -0.123. The molecule has 0 aliphatic carbocycles. The van der Waals surface area contributed by atoms with Crippen LogP contribution in [-0.4, -0.2) is 68.8 Å². The van der Waals surface area contributed by atoms with E-state index in [2.05, 4.69) is 0 Å². The largest absolute Gasteiger partial charge is 0.495 e. The van der Waals surface area contributed by atoms with Crippen molar-refractivity contribution in [3.05, 3.63) is 66.7 Å². The van der Waals surface area contributed by atoms with Gasteiger partial charge < -0.3 is 4.74 Å². The minimum atomic E-state index is -3.66. The highest BCUT2D eigenvalue weighted by Gasteiger charge is 2.45. The van der Waals surface area contributed by atoms with Gasteiger partial charge in [-0.05, 0) is 35.0 Å². The number of para-hydroxylation sites is 2. The summed E-state index contributed by atoms with van der Waals surface area (Å²) in [5, 5.41) is 1.85. The van der Waals surface area contributed by atoms with Crippen LogP contribution in [0.2, 0.25) is 0 Å². The van der Waals surface area contributed by atoms with E-state index in [1.54, 1.807) is 36.4 Å². The number of imide groups is 1. The number of rotatable bonds is 5. The number of carbonyl (C=O) groups excluding carboxylic acids is 2. The Morgan fingerprint density at radius 3 is 2.26 bits per heavy atom. The van der Waals surface area contributed by atoms with Crippen LogP contribution in [0.4, 0.5) is 5.69 Å². The van der Waals surface area contributed by atoms with Crippen molar-refractivity contribution in [3.63, 3.8) is 0 Å². The summed E-state index contributed by atoms with van der Waals surface area (Å²) in [6.45, 7) is 1.25. The maximum absolute atomic E-state index is 13.2. The summed E-state index contributed by atoms with van der Waals surface area (Å²) >= 11 is 0. The standard InChI is InChI=1S/C25H25N3O5S/c1-33-23-9-5-4-8-21(23)28-24(29)17-22(25(28)30)26-12-14-27(15-13-26)34(31,32)20-11-10-18-6-2-3-7-19(18)16-20/h2-11,16,22H,12-15,17H2,1H3. The quantitative estimate of drug-likeness (QED) is 0.523. The van der Waals surface area contributed by atoms with E-state index in [1.165, 1.54) is 16.3 Å². The molecule has 176 valence electrons. The van der Waals surface area contributed by atoms with E-state index < -0.39 is 16.1 Å². The number of anilines is 1. The van der Waals surface area contributed by atoms with Gasteiger partial charge in [0.25, 0.3) is 5.91 Å². The Morgan fingerprint density at radius 1 is 0.853 bits per heavy atom. The van der Waals surface area contributed by atoms with Crippen LogP contribution in [0, 0.1) is 0 Å². The molecule has 0 spiro atoms. The number of hydrogen-bond donors (Lipinski definition) is 0. The van der Waals surface area contributed by atoms with Crippen LogP contribution in [0.1, 0.15) is 6.42 Å². The maximum atomic E-state index is 13.2. The molecule has 2 fully saturated rings. The van der Waals surface area contributed by atoms with Crippen LogP contribution in [-0.2, 0) is 19.6 Å². The highest BCUT2D eigenvalue weighted by molar-refractivity contribution is 7.89. The molecule has 2 saturated heterocycles. The summed E-state index contributed by atoms with van der Waals surface area (Å²) < 4.78 is 33.3. The molecule has 34 heavy (non-hydrogen) atoms. The predicted molar refractivity (Wildman–Crippen MR) is 128 cm³/mol. The van der Waals surface area contributed by atoms with Gasteiger partial charge in [-0.2, -0.15) is 4.31 Å². The summed E-state index contributed by atoms with van der Waals surface area (Å²) in [5.41, 5.74) is 0.431. The fraction of sp³-hybridized carbons (Fsp3) is 0.280. The van der Waals surface area contributed by atoms with Crippen molar-refractivity contribution in [1.82, 2.24) is 9.21 Å². The monoisotopic (exact) mass is 479 g/mol. The number of hydrogen-bond acceptors (Lipinski definition) is 6. The highest BCUT2D eigenvalue weighted by Crippen LogP contribution is 2.33. The van der Waals surface area contributed by atoms with Gasteiger partial charge in [-0.25, -0.2) is 13.3 Å². The average molecular weight is 480 g/mol. The number of amides is 2. The zero-order valence-electron chi connectivity index (χ0n) is 18.8. The second-order valence-electron chi connectivity index (χ2n) is 8.41. The highest BCUT2D eigenvalue weighted by atomic mass is 32.2. The van der Waals surface area contributed by atoms with Gasteiger partial charge in [0.15, 0.2) is 0 Å². The number of benzene rings is 3. The maximum Gasteiger partial charge on any atom is 0.251 e. The van der Waals surface area contributed by atoms with Gasteiger partial charge in [-0.1, -0.05) is 42.5 Å². The lowest BCUT2D eigenvalue weighted by Gasteiger charge is -2.36. The van der Waals surface area contributed by atoms with Gasteiger partial charge in [0.2, 0.25) is 15.9 Å². The molecule has 2 aliphatic rings. The Balaban J connectivity index is 1.30. The van der Waals surface area contributed by atoms with E-state index in [-0.39, 0.29) is 36.2 Å². The third kappa shape index (κ3) is 3.85. The van der Waals surface area contributed by atoms with E-state index in [1.807, 2.05) is 35.2 Å². The van der Waals surface area contributed by atoms with Crippen molar-refractivity contribution < 1.29 is 22.7 Å². The van der Waals surface area contributed by atoms with Gasteiger partial charge in [0.1, 0.15) is 5.75 Å². The molecule has 3 aromatic carbocycles. The summed E-state index contributed by atoms with van der Waals surface area (Å²) in [5.74, 6) is -0.137. The summed E-state index contributed by atoms with van der Waals surface area (Å²) in [6, 6.07) is 19.1. The molecule has 0 radical (unpaired) electrons. The molecule has 2 amide bonds. The molecule has 0 bridgehead atoms. The van der Waals surface area contributed by atoms with Crippen molar-refractivity contribution in [1.29, 1.82) is 0 Å². The molecule has 5 rings (SSSR count). The Morgan fingerprint density at radius 2 is 1.53 bits per heavy atom. The van der Waals surface area contributed by atoms with E-state index in [0.29, 0.717) is 24.5 Å².